The van der Waals surface area contributed by atoms with Gasteiger partial charge in [0.1, 0.15) is 6.04 Å². The first-order valence-electron chi connectivity index (χ1n) is 5.50. The molecule has 1 fully saturated rings. The predicted molar refractivity (Wildman–Crippen MR) is 65.4 cm³/mol. The van der Waals surface area contributed by atoms with E-state index in [1.807, 2.05) is 11.8 Å². The third-order valence-electron chi connectivity index (χ3n) is 2.40. The number of hydrogen-bond acceptors (Lipinski definition) is 4. The van der Waals surface area contributed by atoms with Gasteiger partial charge >= 0.3 is 0 Å². The Labute approximate surface area is 100 Å². The van der Waals surface area contributed by atoms with Crippen LogP contribution in [0.3, 0.4) is 0 Å². The first-order valence-corrected chi connectivity index (χ1v) is 6.90. The minimum atomic E-state index is -0.279. The number of carbonyl (C=O) groups excluding carboxylic acids is 2. The molecule has 1 aliphatic rings. The van der Waals surface area contributed by atoms with Crippen LogP contribution in [0.25, 0.3) is 0 Å². The van der Waals surface area contributed by atoms with E-state index in [1.54, 1.807) is 0 Å². The average Bonchev–Trinajstić information content (AvgIpc) is 2.29. The molecule has 92 valence electrons. The Morgan fingerprint density at radius 3 is 3.00 bits per heavy atom. The van der Waals surface area contributed by atoms with Crippen LogP contribution >= 0.6 is 11.8 Å². The lowest BCUT2D eigenvalue weighted by Crippen LogP contribution is -2.58. The molecule has 0 saturated carbocycles. The molecule has 0 aliphatic carbocycles. The number of carbonyl (C=O) groups is 2. The van der Waals surface area contributed by atoms with E-state index in [0.29, 0.717) is 13.1 Å². The number of unbranched alkanes of at least 4 members (excludes halogenated alkanes) is 1. The van der Waals surface area contributed by atoms with Crippen molar-refractivity contribution in [2.45, 2.75) is 18.9 Å². The highest BCUT2D eigenvalue weighted by Crippen LogP contribution is 1.98. The molecule has 1 atom stereocenters. The van der Waals surface area contributed by atoms with E-state index in [1.165, 1.54) is 0 Å². The van der Waals surface area contributed by atoms with Gasteiger partial charge in [0.15, 0.2) is 0 Å². The Balaban J connectivity index is 2.08. The van der Waals surface area contributed by atoms with Crippen molar-refractivity contribution in [2.24, 2.45) is 0 Å². The Kier molecular flexibility index (Phi) is 6.25. The topological polar surface area (TPSA) is 70.2 Å². The predicted octanol–water partition coefficient (Wildman–Crippen LogP) is -0.666. The van der Waals surface area contributed by atoms with Crippen molar-refractivity contribution in [2.75, 3.05) is 31.6 Å². The first-order chi connectivity index (χ1) is 7.74. The molecule has 0 aromatic rings. The molecule has 1 unspecified atom stereocenters. The van der Waals surface area contributed by atoms with Gasteiger partial charge in [0.2, 0.25) is 11.8 Å². The fraction of sp³-hybridized carbons (Fsp3) is 0.800. The van der Waals surface area contributed by atoms with Gasteiger partial charge in [-0.15, -0.1) is 0 Å². The molecule has 2 amide bonds. The molecule has 1 rings (SSSR count). The van der Waals surface area contributed by atoms with E-state index >= 15 is 0 Å². The molecule has 0 aromatic carbocycles. The van der Waals surface area contributed by atoms with Gasteiger partial charge in [0, 0.05) is 13.1 Å². The Hall–Kier alpha value is -0.750. The van der Waals surface area contributed by atoms with Crippen LogP contribution in [0, 0.1) is 0 Å². The van der Waals surface area contributed by atoms with E-state index in [2.05, 4.69) is 22.2 Å². The fourth-order valence-corrected chi connectivity index (χ4v) is 1.95. The summed E-state index contributed by atoms with van der Waals surface area (Å²) in [7, 11) is 0. The van der Waals surface area contributed by atoms with Crippen LogP contribution in [0.4, 0.5) is 0 Å². The van der Waals surface area contributed by atoms with E-state index in [0.717, 1.165) is 18.6 Å². The molecule has 1 heterocycles. The van der Waals surface area contributed by atoms with Gasteiger partial charge < -0.3 is 10.6 Å². The van der Waals surface area contributed by atoms with Crippen molar-refractivity contribution in [1.29, 1.82) is 0 Å². The largest absolute Gasteiger partial charge is 0.355 e. The van der Waals surface area contributed by atoms with E-state index in [-0.39, 0.29) is 24.4 Å². The minimum Gasteiger partial charge on any atom is -0.355 e. The van der Waals surface area contributed by atoms with Crippen LogP contribution < -0.4 is 16.0 Å². The van der Waals surface area contributed by atoms with Crippen molar-refractivity contribution in [3.05, 3.63) is 0 Å². The molecule has 6 heteroatoms. The second-order valence-corrected chi connectivity index (χ2v) is 4.71. The maximum absolute atomic E-state index is 11.6. The van der Waals surface area contributed by atoms with E-state index in [9.17, 15) is 9.59 Å². The van der Waals surface area contributed by atoms with Crippen molar-refractivity contribution >= 4 is 23.6 Å². The highest BCUT2D eigenvalue weighted by molar-refractivity contribution is 7.98. The first kappa shape index (κ1) is 13.3. The monoisotopic (exact) mass is 245 g/mol. The summed E-state index contributed by atoms with van der Waals surface area (Å²) >= 11 is 1.82. The molecule has 0 spiro atoms. The van der Waals surface area contributed by atoms with Crippen LogP contribution in [-0.4, -0.2) is 49.5 Å². The summed E-state index contributed by atoms with van der Waals surface area (Å²) in [5, 5.41) is 8.41. The summed E-state index contributed by atoms with van der Waals surface area (Å²) in [6.45, 7) is 1.32. The average molecular weight is 245 g/mol. The number of piperazine rings is 1. The second-order valence-electron chi connectivity index (χ2n) is 3.73. The quantitative estimate of drug-likeness (QED) is 0.543. The van der Waals surface area contributed by atoms with Crippen LogP contribution in [0.15, 0.2) is 0 Å². The summed E-state index contributed by atoms with van der Waals surface area (Å²) in [6.07, 6.45) is 4.20. The summed E-state index contributed by atoms with van der Waals surface area (Å²) in [4.78, 5) is 22.5. The molecule has 1 aliphatic heterocycles. The van der Waals surface area contributed by atoms with Crippen LogP contribution in [0.2, 0.25) is 0 Å². The van der Waals surface area contributed by atoms with E-state index in [4.69, 9.17) is 0 Å². The third-order valence-corrected chi connectivity index (χ3v) is 3.10. The summed E-state index contributed by atoms with van der Waals surface area (Å²) in [6, 6.07) is -0.279. The molecule has 3 N–H and O–H groups in total. The summed E-state index contributed by atoms with van der Waals surface area (Å²) in [5.74, 6) is 1.06. The van der Waals surface area contributed by atoms with Gasteiger partial charge in [-0.25, -0.2) is 0 Å². The van der Waals surface area contributed by atoms with Crippen molar-refractivity contribution in [3.8, 4) is 0 Å². The van der Waals surface area contributed by atoms with Gasteiger partial charge in [-0.05, 0) is 24.9 Å². The van der Waals surface area contributed by atoms with Crippen LogP contribution in [-0.2, 0) is 9.59 Å². The molecule has 1 saturated heterocycles. The maximum atomic E-state index is 11.6. The molecular weight excluding hydrogens is 226 g/mol. The van der Waals surface area contributed by atoms with Gasteiger partial charge in [-0.1, -0.05) is 0 Å². The third kappa shape index (κ3) is 4.85. The summed E-state index contributed by atoms with van der Waals surface area (Å²) < 4.78 is 0. The Bertz CT molecular complexity index is 238. The van der Waals surface area contributed by atoms with Crippen molar-refractivity contribution in [1.82, 2.24) is 16.0 Å². The van der Waals surface area contributed by atoms with Gasteiger partial charge in [0.05, 0.1) is 6.54 Å². The smallest absolute Gasteiger partial charge is 0.238 e. The molecular formula is C10H19N3O2S. The standard InChI is InChI=1S/C10H19N3O2S/c1-16-5-3-2-4-11-10(15)8-6-13-9(14)7-12-8/h8,12H,2-7H2,1H3,(H,11,15)(H,13,14). The summed E-state index contributed by atoms with van der Waals surface area (Å²) in [5.41, 5.74) is 0. The Morgan fingerprint density at radius 1 is 1.56 bits per heavy atom. The van der Waals surface area contributed by atoms with E-state index < -0.39 is 0 Å². The van der Waals surface area contributed by atoms with Crippen molar-refractivity contribution in [3.63, 3.8) is 0 Å². The molecule has 0 radical (unpaired) electrons. The zero-order chi connectivity index (χ0) is 11.8. The number of hydrogen-bond donors (Lipinski definition) is 3. The number of amides is 2. The highest BCUT2D eigenvalue weighted by Gasteiger charge is 2.22. The van der Waals surface area contributed by atoms with Gasteiger partial charge in [-0.3, -0.25) is 14.9 Å². The SMILES string of the molecule is CSCCCCNC(=O)C1CNC(=O)CN1. The lowest BCUT2D eigenvalue weighted by molar-refractivity contribution is -0.126. The van der Waals surface area contributed by atoms with Crippen LogP contribution in [0.5, 0.6) is 0 Å². The highest BCUT2D eigenvalue weighted by atomic mass is 32.2. The van der Waals surface area contributed by atoms with Crippen molar-refractivity contribution < 1.29 is 9.59 Å². The normalized spacial score (nSPS) is 20.3. The maximum Gasteiger partial charge on any atom is 0.238 e. The van der Waals surface area contributed by atoms with Crippen LogP contribution in [0.1, 0.15) is 12.8 Å². The van der Waals surface area contributed by atoms with Gasteiger partial charge in [-0.2, -0.15) is 11.8 Å². The fourth-order valence-electron chi connectivity index (χ4n) is 1.46. The molecule has 5 nitrogen and oxygen atoms in total. The minimum absolute atomic E-state index is 0.0239. The molecule has 0 aromatic heterocycles. The number of nitrogens with one attached hydrogen (secondary N) is 3. The zero-order valence-electron chi connectivity index (χ0n) is 9.54. The van der Waals surface area contributed by atoms with Gasteiger partial charge in [0.25, 0.3) is 0 Å². The molecule has 0 bridgehead atoms. The lowest BCUT2D eigenvalue weighted by Gasteiger charge is -2.23. The zero-order valence-corrected chi connectivity index (χ0v) is 10.4. The second kappa shape index (κ2) is 7.51. The lowest BCUT2D eigenvalue weighted by atomic mass is 10.2. The number of thioether (sulfide) groups is 1. The molecule has 16 heavy (non-hydrogen) atoms. The Morgan fingerprint density at radius 2 is 2.38 bits per heavy atom. The number of rotatable bonds is 6.